The van der Waals surface area contributed by atoms with E-state index in [0.717, 1.165) is 18.2 Å². The van der Waals surface area contributed by atoms with Crippen molar-refractivity contribution in [3.63, 3.8) is 0 Å². The van der Waals surface area contributed by atoms with Gasteiger partial charge in [-0.25, -0.2) is 0 Å². The third-order valence-electron chi connectivity index (χ3n) is 3.82. The van der Waals surface area contributed by atoms with Crippen molar-refractivity contribution >= 4 is 27.7 Å². The summed E-state index contributed by atoms with van der Waals surface area (Å²) < 4.78 is 4.89. The highest BCUT2D eigenvalue weighted by Gasteiger charge is 2.31. The lowest BCUT2D eigenvalue weighted by atomic mass is 9.75. The second kappa shape index (κ2) is 6.39. The lowest BCUT2D eigenvalue weighted by Crippen LogP contribution is -2.40. The molecule has 110 valence electrons. The fraction of sp³-hybridized carbons (Fsp3) is 0.615. The summed E-state index contributed by atoms with van der Waals surface area (Å²) in [7, 11) is 0. The van der Waals surface area contributed by atoms with E-state index in [-0.39, 0.29) is 11.2 Å². The number of rotatable bonds is 5. The third kappa shape index (κ3) is 3.39. The van der Waals surface area contributed by atoms with Crippen LogP contribution in [-0.4, -0.2) is 22.7 Å². The lowest BCUT2D eigenvalue weighted by molar-refractivity contribution is -0.402. The fourth-order valence-corrected chi connectivity index (χ4v) is 3.32. The van der Waals surface area contributed by atoms with Crippen molar-refractivity contribution in [2.24, 2.45) is 5.41 Å². The minimum Gasteiger partial charge on any atom is -0.395 e. The standard InChI is InChI=1S/C13H17BrN2O4/c14-8-13(6-2-1-3-7-13)9-15-12(17)10-4-5-11(20-10)16(18)19/h4-5H,1-3,6-9H2,(H,15,17). The van der Waals surface area contributed by atoms with Crippen LogP contribution in [0.4, 0.5) is 5.88 Å². The van der Waals surface area contributed by atoms with Crippen LogP contribution in [0, 0.1) is 15.5 Å². The van der Waals surface area contributed by atoms with Gasteiger partial charge in [0, 0.05) is 11.9 Å². The maximum atomic E-state index is 11.9. The number of nitro groups is 1. The van der Waals surface area contributed by atoms with E-state index in [1.54, 1.807) is 0 Å². The van der Waals surface area contributed by atoms with Crippen LogP contribution in [0.3, 0.4) is 0 Å². The van der Waals surface area contributed by atoms with Gasteiger partial charge in [0.2, 0.25) is 0 Å². The zero-order chi connectivity index (χ0) is 14.6. The van der Waals surface area contributed by atoms with Crippen LogP contribution in [-0.2, 0) is 0 Å². The van der Waals surface area contributed by atoms with Gasteiger partial charge in [0.15, 0.2) is 5.76 Å². The number of furan rings is 1. The van der Waals surface area contributed by atoms with Crippen LogP contribution >= 0.6 is 15.9 Å². The van der Waals surface area contributed by atoms with Gasteiger partial charge in [0.25, 0.3) is 5.91 Å². The normalized spacial score (nSPS) is 17.6. The molecule has 1 saturated carbocycles. The van der Waals surface area contributed by atoms with Crippen molar-refractivity contribution < 1.29 is 14.1 Å². The number of halogens is 1. The summed E-state index contributed by atoms with van der Waals surface area (Å²) in [6, 6.07) is 2.52. The number of amides is 1. The zero-order valence-corrected chi connectivity index (χ0v) is 12.6. The largest absolute Gasteiger partial charge is 0.433 e. The van der Waals surface area contributed by atoms with Gasteiger partial charge in [-0.3, -0.25) is 14.9 Å². The Kier molecular flexibility index (Phi) is 4.80. The average Bonchev–Trinajstić information content (AvgIpc) is 2.96. The lowest BCUT2D eigenvalue weighted by Gasteiger charge is -2.35. The van der Waals surface area contributed by atoms with Crippen molar-refractivity contribution in [1.29, 1.82) is 0 Å². The van der Waals surface area contributed by atoms with E-state index in [0.29, 0.717) is 6.54 Å². The van der Waals surface area contributed by atoms with Crippen molar-refractivity contribution in [1.82, 2.24) is 5.32 Å². The highest BCUT2D eigenvalue weighted by atomic mass is 79.9. The molecule has 1 aliphatic rings. The second-order valence-corrected chi connectivity index (χ2v) is 5.83. The average molecular weight is 345 g/mol. The van der Waals surface area contributed by atoms with Gasteiger partial charge >= 0.3 is 5.88 Å². The van der Waals surface area contributed by atoms with Crippen molar-refractivity contribution in [2.75, 3.05) is 11.9 Å². The molecule has 20 heavy (non-hydrogen) atoms. The quantitative estimate of drug-likeness (QED) is 0.504. The molecular formula is C13H17BrN2O4. The Morgan fingerprint density at radius 2 is 2.10 bits per heavy atom. The molecule has 0 aliphatic heterocycles. The fourth-order valence-electron chi connectivity index (χ4n) is 2.56. The monoisotopic (exact) mass is 344 g/mol. The minimum absolute atomic E-state index is 0.0165. The molecule has 0 aromatic carbocycles. The van der Waals surface area contributed by atoms with Crippen LogP contribution in [0.5, 0.6) is 0 Å². The Bertz CT molecular complexity index is 494. The van der Waals surface area contributed by atoms with Crippen molar-refractivity contribution in [3.8, 4) is 0 Å². The predicted octanol–water partition coefficient (Wildman–Crippen LogP) is 3.26. The molecule has 0 unspecified atom stereocenters. The molecule has 1 fully saturated rings. The summed E-state index contributed by atoms with van der Waals surface area (Å²) in [4.78, 5) is 21.8. The summed E-state index contributed by atoms with van der Waals surface area (Å²) in [5.74, 6) is -0.829. The summed E-state index contributed by atoms with van der Waals surface area (Å²) in [5.41, 5.74) is 0.0897. The molecular weight excluding hydrogens is 328 g/mol. The molecule has 1 aliphatic carbocycles. The number of hydrogen-bond acceptors (Lipinski definition) is 4. The van der Waals surface area contributed by atoms with Crippen LogP contribution < -0.4 is 5.32 Å². The Balaban J connectivity index is 1.95. The van der Waals surface area contributed by atoms with E-state index in [2.05, 4.69) is 21.2 Å². The van der Waals surface area contributed by atoms with E-state index in [4.69, 9.17) is 4.42 Å². The van der Waals surface area contributed by atoms with Crippen LogP contribution in [0.1, 0.15) is 42.7 Å². The topological polar surface area (TPSA) is 85.4 Å². The first-order valence-corrected chi connectivity index (χ1v) is 7.77. The molecule has 0 atom stereocenters. The molecule has 1 aromatic rings. The molecule has 6 nitrogen and oxygen atoms in total. The third-order valence-corrected chi connectivity index (χ3v) is 5.01. The Labute approximate surface area is 125 Å². The number of alkyl halides is 1. The smallest absolute Gasteiger partial charge is 0.395 e. The molecule has 0 spiro atoms. The number of carbonyl (C=O) groups is 1. The molecule has 7 heteroatoms. The van der Waals surface area contributed by atoms with Crippen LogP contribution in [0.25, 0.3) is 0 Å². The minimum atomic E-state index is -0.655. The molecule has 0 radical (unpaired) electrons. The molecule has 0 bridgehead atoms. The Hall–Kier alpha value is -1.37. The SMILES string of the molecule is O=C(NCC1(CBr)CCCCC1)c1ccc([N+](=O)[O-])o1. The number of nitrogens with zero attached hydrogens (tertiary/aromatic N) is 1. The second-order valence-electron chi connectivity index (χ2n) is 5.27. The Morgan fingerprint density at radius 3 is 2.65 bits per heavy atom. The molecule has 1 aromatic heterocycles. The van der Waals surface area contributed by atoms with Gasteiger partial charge in [-0.1, -0.05) is 35.2 Å². The van der Waals surface area contributed by atoms with Gasteiger partial charge in [-0.05, 0) is 24.3 Å². The van der Waals surface area contributed by atoms with Crippen LogP contribution in [0.2, 0.25) is 0 Å². The van der Waals surface area contributed by atoms with Gasteiger partial charge in [-0.15, -0.1) is 0 Å². The van der Waals surface area contributed by atoms with Crippen molar-refractivity contribution in [2.45, 2.75) is 32.1 Å². The van der Waals surface area contributed by atoms with E-state index in [1.807, 2.05) is 0 Å². The van der Waals surface area contributed by atoms with E-state index < -0.39 is 16.7 Å². The van der Waals surface area contributed by atoms with Gasteiger partial charge < -0.3 is 9.73 Å². The maximum Gasteiger partial charge on any atom is 0.433 e. The first-order valence-electron chi connectivity index (χ1n) is 6.65. The maximum absolute atomic E-state index is 11.9. The number of carbonyl (C=O) groups excluding carboxylic acids is 1. The summed E-state index contributed by atoms with van der Waals surface area (Å²) in [5, 5.41) is 14.2. The van der Waals surface area contributed by atoms with Gasteiger partial charge in [0.05, 0.1) is 6.07 Å². The molecule has 1 N–H and O–H groups in total. The first-order chi connectivity index (χ1) is 9.56. The summed E-state index contributed by atoms with van der Waals surface area (Å²) in [6.07, 6.45) is 5.75. The van der Waals surface area contributed by atoms with Gasteiger partial charge in [0.1, 0.15) is 4.92 Å². The molecule has 0 saturated heterocycles. The number of hydrogen-bond donors (Lipinski definition) is 1. The predicted molar refractivity (Wildman–Crippen MR) is 77.0 cm³/mol. The van der Waals surface area contributed by atoms with Crippen molar-refractivity contribution in [3.05, 3.63) is 28.0 Å². The van der Waals surface area contributed by atoms with E-state index in [1.165, 1.54) is 31.4 Å². The highest BCUT2D eigenvalue weighted by Crippen LogP contribution is 2.37. The first kappa shape index (κ1) is 15.0. The Morgan fingerprint density at radius 1 is 1.40 bits per heavy atom. The van der Waals surface area contributed by atoms with Gasteiger partial charge in [-0.2, -0.15) is 0 Å². The molecule has 1 amide bonds. The highest BCUT2D eigenvalue weighted by molar-refractivity contribution is 9.09. The van der Waals surface area contributed by atoms with E-state index >= 15 is 0 Å². The van der Waals surface area contributed by atoms with Crippen LogP contribution in [0.15, 0.2) is 16.5 Å². The zero-order valence-electron chi connectivity index (χ0n) is 11.1. The molecule has 1 heterocycles. The van der Waals surface area contributed by atoms with E-state index in [9.17, 15) is 14.9 Å². The summed E-state index contributed by atoms with van der Waals surface area (Å²) >= 11 is 3.53. The summed E-state index contributed by atoms with van der Waals surface area (Å²) in [6.45, 7) is 0.561. The molecule has 2 rings (SSSR count). The number of nitrogens with one attached hydrogen (secondary N) is 1.